The molecule has 1 saturated heterocycles. The molecule has 0 unspecified atom stereocenters. The van der Waals surface area contributed by atoms with Crippen LogP contribution in [-0.4, -0.2) is 30.6 Å². The van der Waals surface area contributed by atoms with Gasteiger partial charge in [-0.05, 0) is 43.2 Å². The molecule has 7 heteroatoms. The van der Waals surface area contributed by atoms with Gasteiger partial charge >= 0.3 is 0 Å². The van der Waals surface area contributed by atoms with Crippen molar-refractivity contribution in [2.75, 3.05) is 18.5 Å². The molecule has 27 heavy (non-hydrogen) atoms. The monoisotopic (exact) mass is 371 g/mol. The van der Waals surface area contributed by atoms with E-state index in [2.05, 4.69) is 10.6 Å². The molecule has 4 N–H and O–H groups in total. The molecule has 3 rings (SSSR count). The smallest absolute Gasteiger partial charge is 0.251 e. The largest absolute Gasteiger partial charge is 0.381 e. The van der Waals surface area contributed by atoms with Crippen molar-refractivity contribution in [1.29, 1.82) is 0 Å². The summed E-state index contributed by atoms with van der Waals surface area (Å²) < 4.78 is 18.8. The van der Waals surface area contributed by atoms with Crippen LogP contribution in [0.3, 0.4) is 0 Å². The van der Waals surface area contributed by atoms with Gasteiger partial charge in [0, 0.05) is 36.6 Å². The predicted octanol–water partition coefficient (Wildman–Crippen LogP) is 2.20. The van der Waals surface area contributed by atoms with E-state index in [1.807, 2.05) is 0 Å². The number of hydrogen-bond donors (Lipinski definition) is 3. The van der Waals surface area contributed by atoms with Gasteiger partial charge in [0.2, 0.25) is 5.91 Å². The fraction of sp³-hybridized carbons (Fsp3) is 0.300. The number of halogens is 1. The predicted molar refractivity (Wildman–Crippen MR) is 99.6 cm³/mol. The summed E-state index contributed by atoms with van der Waals surface area (Å²) in [4.78, 5) is 24.6. The summed E-state index contributed by atoms with van der Waals surface area (Å²) in [5.41, 5.74) is 6.60. The van der Waals surface area contributed by atoms with E-state index in [0.29, 0.717) is 42.9 Å². The minimum atomic E-state index is -0.936. The molecule has 0 saturated carbocycles. The average molecular weight is 371 g/mol. The van der Waals surface area contributed by atoms with Gasteiger partial charge < -0.3 is 21.1 Å². The first kappa shape index (κ1) is 19.0. The van der Waals surface area contributed by atoms with E-state index in [9.17, 15) is 14.0 Å². The Balaban J connectivity index is 1.57. The number of anilines is 1. The third-order valence-electron chi connectivity index (χ3n) is 4.64. The number of carbonyl (C=O) groups excluding carboxylic acids is 2. The number of amides is 2. The van der Waals surface area contributed by atoms with Gasteiger partial charge in [-0.15, -0.1) is 0 Å². The molecule has 0 spiro atoms. The third-order valence-corrected chi connectivity index (χ3v) is 4.64. The van der Waals surface area contributed by atoms with Crippen molar-refractivity contribution in [2.24, 2.45) is 5.73 Å². The van der Waals surface area contributed by atoms with Crippen LogP contribution in [0.1, 0.15) is 28.8 Å². The molecular weight excluding hydrogens is 349 g/mol. The number of carbonyl (C=O) groups is 2. The Labute approximate surface area is 156 Å². The Bertz CT molecular complexity index is 817. The molecule has 1 aliphatic rings. The molecule has 142 valence electrons. The fourth-order valence-electron chi connectivity index (χ4n) is 2.84. The molecule has 0 aliphatic carbocycles. The Kier molecular flexibility index (Phi) is 5.83. The van der Waals surface area contributed by atoms with E-state index in [1.54, 1.807) is 42.5 Å². The van der Waals surface area contributed by atoms with Crippen LogP contribution >= 0.6 is 0 Å². The summed E-state index contributed by atoms with van der Waals surface area (Å²) >= 11 is 0. The molecule has 1 aliphatic heterocycles. The van der Waals surface area contributed by atoms with Crippen LogP contribution in [0.15, 0.2) is 48.5 Å². The highest BCUT2D eigenvalue weighted by atomic mass is 19.1. The zero-order valence-corrected chi connectivity index (χ0v) is 14.8. The van der Waals surface area contributed by atoms with Gasteiger partial charge in [-0.3, -0.25) is 9.59 Å². The van der Waals surface area contributed by atoms with Crippen molar-refractivity contribution in [3.63, 3.8) is 0 Å². The number of nitrogens with one attached hydrogen (secondary N) is 2. The topological polar surface area (TPSA) is 93.5 Å². The van der Waals surface area contributed by atoms with Crippen molar-refractivity contribution in [3.8, 4) is 0 Å². The molecular formula is C20H22FN3O3. The third kappa shape index (κ3) is 4.69. The summed E-state index contributed by atoms with van der Waals surface area (Å²) in [6.45, 7) is 1.03. The summed E-state index contributed by atoms with van der Waals surface area (Å²) in [6.07, 6.45) is 0.935. The van der Waals surface area contributed by atoms with Gasteiger partial charge in [-0.1, -0.05) is 18.2 Å². The van der Waals surface area contributed by atoms with Crippen LogP contribution in [0.5, 0.6) is 0 Å². The van der Waals surface area contributed by atoms with Crippen LogP contribution in [0.25, 0.3) is 0 Å². The first-order valence-corrected chi connectivity index (χ1v) is 8.78. The van der Waals surface area contributed by atoms with Crippen molar-refractivity contribution in [3.05, 3.63) is 65.5 Å². The number of ether oxygens (including phenoxy) is 1. The molecule has 0 atom stereocenters. The van der Waals surface area contributed by atoms with Crippen LogP contribution in [0.4, 0.5) is 10.1 Å². The maximum Gasteiger partial charge on any atom is 0.251 e. The minimum absolute atomic E-state index is 0.0990. The van der Waals surface area contributed by atoms with Crippen molar-refractivity contribution >= 4 is 17.5 Å². The van der Waals surface area contributed by atoms with Gasteiger partial charge in [0.15, 0.2) is 0 Å². The van der Waals surface area contributed by atoms with Crippen molar-refractivity contribution in [1.82, 2.24) is 5.32 Å². The highest BCUT2D eigenvalue weighted by Crippen LogP contribution is 2.20. The zero-order chi connectivity index (χ0) is 19.3. The van der Waals surface area contributed by atoms with Gasteiger partial charge in [0.25, 0.3) is 5.91 Å². The zero-order valence-electron chi connectivity index (χ0n) is 14.8. The van der Waals surface area contributed by atoms with E-state index in [4.69, 9.17) is 10.5 Å². The van der Waals surface area contributed by atoms with E-state index in [-0.39, 0.29) is 24.2 Å². The van der Waals surface area contributed by atoms with E-state index < -0.39 is 5.54 Å². The molecule has 0 radical (unpaired) electrons. The molecule has 0 bridgehead atoms. The summed E-state index contributed by atoms with van der Waals surface area (Å²) in [5.74, 6) is -0.946. The number of hydrogen-bond acceptors (Lipinski definition) is 4. The Hall–Kier alpha value is -2.77. The second-order valence-corrected chi connectivity index (χ2v) is 6.57. The molecule has 2 amide bonds. The maximum atomic E-state index is 13.6. The van der Waals surface area contributed by atoms with Gasteiger partial charge in [0.05, 0.1) is 0 Å². The molecule has 2 aromatic carbocycles. The second kappa shape index (κ2) is 8.28. The first-order valence-electron chi connectivity index (χ1n) is 8.78. The summed E-state index contributed by atoms with van der Waals surface area (Å²) in [6, 6.07) is 12.7. The standard InChI is InChI=1S/C20H22FN3O3/c21-17-4-2-1-3-15(17)13-23-18(25)14-5-7-16(8-6-14)24-19(26)20(22)9-11-27-12-10-20/h1-8H,9-13,22H2,(H,23,25)(H,24,26). The van der Waals surface area contributed by atoms with Gasteiger partial charge in [0.1, 0.15) is 11.4 Å². The molecule has 1 heterocycles. The summed E-state index contributed by atoms with van der Waals surface area (Å²) in [7, 11) is 0. The lowest BCUT2D eigenvalue weighted by Crippen LogP contribution is -2.54. The first-order chi connectivity index (χ1) is 13.0. The maximum absolute atomic E-state index is 13.6. The van der Waals surface area contributed by atoms with Crippen LogP contribution in [0, 0.1) is 5.82 Å². The fourth-order valence-corrected chi connectivity index (χ4v) is 2.84. The lowest BCUT2D eigenvalue weighted by Gasteiger charge is -2.31. The van der Waals surface area contributed by atoms with Crippen LogP contribution in [0.2, 0.25) is 0 Å². The summed E-state index contributed by atoms with van der Waals surface area (Å²) in [5, 5.41) is 5.46. The normalized spacial score (nSPS) is 15.8. The second-order valence-electron chi connectivity index (χ2n) is 6.57. The molecule has 2 aromatic rings. The number of benzene rings is 2. The van der Waals surface area contributed by atoms with Crippen LogP contribution < -0.4 is 16.4 Å². The molecule has 1 fully saturated rings. The van der Waals surface area contributed by atoms with Crippen LogP contribution in [-0.2, 0) is 16.1 Å². The van der Waals surface area contributed by atoms with Gasteiger partial charge in [-0.2, -0.15) is 0 Å². The molecule has 6 nitrogen and oxygen atoms in total. The van der Waals surface area contributed by atoms with Crippen molar-refractivity contribution in [2.45, 2.75) is 24.9 Å². The van der Waals surface area contributed by atoms with E-state index >= 15 is 0 Å². The van der Waals surface area contributed by atoms with Gasteiger partial charge in [-0.25, -0.2) is 4.39 Å². The minimum Gasteiger partial charge on any atom is -0.381 e. The lowest BCUT2D eigenvalue weighted by molar-refractivity contribution is -0.124. The Morgan fingerprint density at radius 3 is 2.41 bits per heavy atom. The average Bonchev–Trinajstić information content (AvgIpc) is 2.68. The quantitative estimate of drug-likeness (QED) is 0.751. The number of nitrogens with two attached hydrogens (primary N) is 1. The van der Waals surface area contributed by atoms with E-state index in [0.717, 1.165) is 0 Å². The molecule has 0 aromatic heterocycles. The Morgan fingerprint density at radius 1 is 1.07 bits per heavy atom. The highest BCUT2D eigenvalue weighted by Gasteiger charge is 2.35. The lowest BCUT2D eigenvalue weighted by atomic mass is 9.90. The Morgan fingerprint density at radius 2 is 1.74 bits per heavy atom. The number of rotatable bonds is 5. The SMILES string of the molecule is NC1(C(=O)Nc2ccc(C(=O)NCc3ccccc3F)cc2)CCOCC1. The highest BCUT2D eigenvalue weighted by molar-refractivity contribution is 5.99. The van der Waals surface area contributed by atoms with E-state index in [1.165, 1.54) is 6.07 Å². The van der Waals surface area contributed by atoms with Crippen molar-refractivity contribution < 1.29 is 18.7 Å².